The van der Waals surface area contributed by atoms with E-state index in [0.29, 0.717) is 30.1 Å². The number of rotatable bonds is 12. The molecule has 0 heterocycles. The summed E-state index contributed by atoms with van der Waals surface area (Å²) in [5.41, 5.74) is 5.03. The Morgan fingerprint density at radius 1 is 0.872 bits per heavy atom. The fourth-order valence-corrected chi connectivity index (χ4v) is 5.27. The van der Waals surface area contributed by atoms with Crippen LogP contribution in [0.4, 0.5) is 0 Å². The molecule has 0 aromatic heterocycles. The number of ether oxygens (including phenoxy) is 3. The number of benzene rings is 3. The zero-order valence-electron chi connectivity index (χ0n) is 21.8. The van der Waals surface area contributed by atoms with Gasteiger partial charge in [-0.2, -0.15) is 0 Å². The molecule has 39 heavy (non-hydrogen) atoms. The van der Waals surface area contributed by atoms with Crippen LogP contribution in [0.2, 0.25) is 0 Å². The fraction of sp³-hybridized carbons (Fsp3) is 0.219. The first kappa shape index (κ1) is 27.9. The van der Waals surface area contributed by atoms with Crippen molar-refractivity contribution in [1.29, 1.82) is 0 Å². The van der Waals surface area contributed by atoms with Crippen molar-refractivity contribution < 1.29 is 28.6 Å². The van der Waals surface area contributed by atoms with Gasteiger partial charge in [-0.05, 0) is 102 Å². The molecule has 7 heteroatoms. The monoisotopic (exact) mass is 542 g/mol. The van der Waals surface area contributed by atoms with Gasteiger partial charge in [0, 0.05) is 28.9 Å². The van der Waals surface area contributed by atoms with E-state index in [-0.39, 0.29) is 17.0 Å². The minimum atomic E-state index is -0.491. The van der Waals surface area contributed by atoms with Crippen molar-refractivity contribution in [1.82, 2.24) is 0 Å². The van der Waals surface area contributed by atoms with Crippen LogP contribution < -0.4 is 9.47 Å². The summed E-state index contributed by atoms with van der Waals surface area (Å²) in [7, 11) is 0. The van der Waals surface area contributed by atoms with Gasteiger partial charge in [0.1, 0.15) is 11.5 Å². The Morgan fingerprint density at radius 3 is 2.28 bits per heavy atom. The van der Waals surface area contributed by atoms with Gasteiger partial charge in [-0.25, -0.2) is 4.79 Å². The molecule has 0 saturated carbocycles. The van der Waals surface area contributed by atoms with Crippen LogP contribution in [0.1, 0.15) is 60.0 Å². The highest BCUT2D eigenvalue weighted by Gasteiger charge is 2.27. The highest BCUT2D eigenvalue weighted by molar-refractivity contribution is 8.14. The van der Waals surface area contributed by atoms with E-state index < -0.39 is 5.97 Å². The molecule has 3 aromatic carbocycles. The van der Waals surface area contributed by atoms with Crippen LogP contribution in [0.25, 0.3) is 11.1 Å². The second kappa shape index (κ2) is 13.1. The highest BCUT2D eigenvalue weighted by Crippen LogP contribution is 2.47. The summed E-state index contributed by atoms with van der Waals surface area (Å²) in [5.74, 6) is 0.526. The van der Waals surface area contributed by atoms with E-state index in [1.165, 1.54) is 11.8 Å². The van der Waals surface area contributed by atoms with Gasteiger partial charge in [-0.1, -0.05) is 32.2 Å². The van der Waals surface area contributed by atoms with Crippen molar-refractivity contribution in [3.05, 3.63) is 103 Å². The standard InChI is InChI=1S/C32H30O6S/c1-4-30(33)38-24-14-16-26-27-17-15-25(20-29(27)21(3)28(26)19-24)39-32(35)22-10-12-23(13-11-22)37-18-8-6-7-9-31(34)36-5-2/h4-5,10-17,19-21H,1-2,6-9,18H2,3H3. The zero-order valence-corrected chi connectivity index (χ0v) is 22.6. The largest absolute Gasteiger partial charge is 0.494 e. The third kappa shape index (κ3) is 7.06. The third-order valence-corrected chi connectivity index (χ3v) is 7.37. The molecule has 0 saturated heterocycles. The van der Waals surface area contributed by atoms with Crippen molar-refractivity contribution in [3.63, 3.8) is 0 Å². The molecule has 0 fully saturated rings. The molecule has 0 N–H and O–H groups in total. The minimum absolute atomic E-state index is 0.0466. The Morgan fingerprint density at radius 2 is 1.56 bits per heavy atom. The van der Waals surface area contributed by atoms with Gasteiger partial charge in [-0.3, -0.25) is 9.59 Å². The second-order valence-electron chi connectivity index (χ2n) is 9.07. The van der Waals surface area contributed by atoms with E-state index in [2.05, 4.69) is 30.9 Å². The molecule has 0 amide bonds. The lowest BCUT2D eigenvalue weighted by Crippen LogP contribution is -2.03. The Balaban J connectivity index is 1.31. The fourth-order valence-electron chi connectivity index (χ4n) is 4.48. The van der Waals surface area contributed by atoms with Crippen LogP contribution in [0.15, 0.2) is 91.1 Å². The number of carbonyl (C=O) groups excluding carboxylic acids is 3. The quantitative estimate of drug-likeness (QED) is 0.0587. The van der Waals surface area contributed by atoms with Gasteiger partial charge in [0.2, 0.25) is 5.12 Å². The van der Waals surface area contributed by atoms with E-state index in [1.54, 1.807) is 30.3 Å². The van der Waals surface area contributed by atoms with Gasteiger partial charge in [0.15, 0.2) is 0 Å². The molecule has 200 valence electrons. The van der Waals surface area contributed by atoms with Gasteiger partial charge >= 0.3 is 11.9 Å². The smallest absolute Gasteiger partial charge is 0.335 e. The average Bonchev–Trinajstić information content (AvgIpc) is 3.21. The number of thioether (sulfide) groups is 1. The maximum atomic E-state index is 13.0. The normalized spacial score (nSPS) is 13.1. The topological polar surface area (TPSA) is 78.9 Å². The molecular formula is C32H30O6S. The number of hydrogen-bond acceptors (Lipinski definition) is 7. The lowest BCUT2D eigenvalue weighted by molar-refractivity contribution is -0.138. The first-order valence-electron chi connectivity index (χ1n) is 12.8. The maximum Gasteiger partial charge on any atom is 0.335 e. The second-order valence-corrected chi connectivity index (χ2v) is 10.1. The summed E-state index contributed by atoms with van der Waals surface area (Å²) in [6, 6.07) is 18.8. The first-order valence-corrected chi connectivity index (χ1v) is 13.6. The highest BCUT2D eigenvalue weighted by atomic mass is 32.2. The molecule has 1 unspecified atom stereocenters. The Labute approximate surface area is 232 Å². The summed E-state index contributed by atoms with van der Waals surface area (Å²) < 4.78 is 15.7. The van der Waals surface area contributed by atoms with Gasteiger partial charge in [-0.15, -0.1) is 0 Å². The SMILES string of the molecule is C=COC(=O)CCCCCOc1ccc(C(=O)Sc2ccc3c(c2)C(C)c2cc(OC(=O)C=C)ccc2-3)cc1. The van der Waals surface area contributed by atoms with Crippen LogP contribution >= 0.6 is 11.8 Å². The molecule has 6 nitrogen and oxygen atoms in total. The lowest BCUT2D eigenvalue weighted by Gasteiger charge is -2.09. The molecule has 3 aromatic rings. The molecule has 0 radical (unpaired) electrons. The van der Waals surface area contributed by atoms with Crippen LogP contribution in [0.5, 0.6) is 11.5 Å². The summed E-state index contributed by atoms with van der Waals surface area (Å²) in [6.45, 7) is 9.45. The van der Waals surface area contributed by atoms with Crippen LogP contribution in [0, 0.1) is 0 Å². The van der Waals surface area contributed by atoms with Crippen LogP contribution in [-0.4, -0.2) is 23.7 Å². The zero-order chi connectivity index (χ0) is 27.8. The summed E-state index contributed by atoms with van der Waals surface area (Å²) in [4.78, 5) is 36.7. The van der Waals surface area contributed by atoms with Gasteiger partial charge in [0.25, 0.3) is 0 Å². The Bertz CT molecular complexity index is 1390. The van der Waals surface area contributed by atoms with E-state index >= 15 is 0 Å². The lowest BCUT2D eigenvalue weighted by atomic mass is 9.99. The maximum absolute atomic E-state index is 13.0. The van der Waals surface area contributed by atoms with Crippen molar-refractivity contribution >= 4 is 28.8 Å². The summed E-state index contributed by atoms with van der Waals surface area (Å²) >= 11 is 1.19. The Hall–Kier alpha value is -4.10. The van der Waals surface area contributed by atoms with E-state index in [1.807, 2.05) is 24.3 Å². The van der Waals surface area contributed by atoms with Crippen molar-refractivity contribution in [3.8, 4) is 22.6 Å². The summed E-state index contributed by atoms with van der Waals surface area (Å²) in [6.07, 6.45) is 5.06. The molecule has 1 atom stereocenters. The number of esters is 2. The van der Waals surface area contributed by atoms with Gasteiger partial charge in [0.05, 0.1) is 12.9 Å². The van der Waals surface area contributed by atoms with Gasteiger partial charge < -0.3 is 14.2 Å². The molecular weight excluding hydrogens is 512 g/mol. The predicted molar refractivity (Wildman–Crippen MR) is 152 cm³/mol. The average molecular weight is 543 g/mol. The third-order valence-electron chi connectivity index (χ3n) is 6.46. The number of hydrogen-bond donors (Lipinski definition) is 0. The van der Waals surface area contributed by atoms with Crippen LogP contribution in [-0.2, 0) is 14.3 Å². The Kier molecular flexibility index (Phi) is 9.39. The van der Waals surface area contributed by atoms with E-state index in [4.69, 9.17) is 9.47 Å². The van der Waals surface area contributed by atoms with Crippen molar-refractivity contribution in [2.75, 3.05) is 6.61 Å². The summed E-state index contributed by atoms with van der Waals surface area (Å²) in [5, 5.41) is -0.0466. The predicted octanol–water partition coefficient (Wildman–Crippen LogP) is 7.47. The molecule has 0 spiro atoms. The molecule has 4 rings (SSSR count). The van der Waals surface area contributed by atoms with Crippen molar-refractivity contribution in [2.24, 2.45) is 0 Å². The molecule has 1 aliphatic rings. The molecule has 0 aliphatic heterocycles. The number of fused-ring (bicyclic) bond motifs is 3. The first-order chi connectivity index (χ1) is 18.9. The van der Waals surface area contributed by atoms with E-state index in [0.717, 1.165) is 58.7 Å². The van der Waals surface area contributed by atoms with E-state index in [9.17, 15) is 14.4 Å². The number of carbonyl (C=O) groups is 3. The molecule has 0 bridgehead atoms. The van der Waals surface area contributed by atoms with Crippen molar-refractivity contribution in [2.45, 2.75) is 43.4 Å². The van der Waals surface area contributed by atoms with Crippen LogP contribution in [0.3, 0.4) is 0 Å². The molecule has 1 aliphatic carbocycles. The number of unbranched alkanes of at least 4 members (excludes halogenated alkanes) is 2. The minimum Gasteiger partial charge on any atom is -0.494 e.